The minimum Gasteiger partial charge on any atom is -0.363 e. The molecule has 1 aromatic carbocycles. The van der Waals surface area contributed by atoms with Crippen LogP contribution >= 0.6 is 0 Å². The van der Waals surface area contributed by atoms with E-state index in [4.69, 9.17) is 5.73 Å². The molecule has 2 aliphatic heterocycles. The van der Waals surface area contributed by atoms with Gasteiger partial charge in [-0.1, -0.05) is 52.2 Å². The summed E-state index contributed by atoms with van der Waals surface area (Å²) in [6, 6.07) is 0.555. The lowest BCUT2D eigenvalue weighted by molar-refractivity contribution is -0.139. The lowest BCUT2D eigenvalue weighted by atomic mass is 9.80. The molecule has 0 radical (unpaired) electrons. The molecular weight excluding hydrogens is 609 g/mol. The normalized spacial score (nSPS) is 20.8. The molecular formula is C33H48FN7O6. The van der Waals surface area contributed by atoms with Crippen molar-refractivity contribution in [3.05, 3.63) is 35.1 Å². The molecule has 4 atom stereocenters. The zero-order valence-corrected chi connectivity index (χ0v) is 28.1. The molecule has 14 heteroatoms. The van der Waals surface area contributed by atoms with Gasteiger partial charge in [-0.3, -0.25) is 19.2 Å². The highest BCUT2D eigenvalue weighted by Crippen LogP contribution is 2.31. The first-order valence-corrected chi connectivity index (χ1v) is 16.2. The van der Waals surface area contributed by atoms with Crippen molar-refractivity contribution in [2.45, 2.75) is 104 Å². The number of fused-ring (bicyclic) bond motifs is 1. The number of hydrogen-bond donors (Lipinski definition) is 5. The Kier molecular flexibility index (Phi) is 10.5. The summed E-state index contributed by atoms with van der Waals surface area (Å²) in [6.07, 6.45) is 2.98. The van der Waals surface area contributed by atoms with E-state index in [1.54, 1.807) is 32.9 Å². The molecule has 2 heterocycles. The third kappa shape index (κ3) is 8.77. The van der Waals surface area contributed by atoms with Crippen molar-refractivity contribution in [2.24, 2.45) is 23.0 Å². The Morgan fingerprint density at radius 3 is 2.19 bits per heavy atom. The molecule has 1 saturated carbocycles. The number of benzene rings is 1. The lowest BCUT2D eigenvalue weighted by Crippen LogP contribution is -2.58. The minimum atomic E-state index is -1.16. The smallest absolute Gasteiger partial charge is 0.318 e. The van der Waals surface area contributed by atoms with Crippen LogP contribution in [0.4, 0.5) is 14.0 Å². The van der Waals surface area contributed by atoms with Gasteiger partial charge in [0.05, 0.1) is 24.5 Å². The number of nitrogens with zero attached hydrogens (tertiary/aromatic N) is 2. The predicted octanol–water partition coefficient (Wildman–Crippen LogP) is 1.92. The van der Waals surface area contributed by atoms with Crippen LogP contribution in [0.1, 0.15) is 78.4 Å². The van der Waals surface area contributed by atoms with Gasteiger partial charge < -0.3 is 36.8 Å². The van der Waals surface area contributed by atoms with Crippen LogP contribution in [0, 0.1) is 23.1 Å². The van der Waals surface area contributed by atoms with E-state index in [-0.39, 0.29) is 38.5 Å². The van der Waals surface area contributed by atoms with Crippen LogP contribution in [0.3, 0.4) is 0 Å². The molecule has 6 N–H and O–H groups in total. The number of carbonyl (C=O) groups is 6. The molecule has 2 fully saturated rings. The monoisotopic (exact) mass is 657 g/mol. The van der Waals surface area contributed by atoms with Gasteiger partial charge >= 0.3 is 12.1 Å². The Morgan fingerprint density at radius 2 is 1.64 bits per heavy atom. The van der Waals surface area contributed by atoms with Crippen LogP contribution < -0.4 is 27.0 Å². The van der Waals surface area contributed by atoms with Gasteiger partial charge in [-0.25, -0.2) is 14.0 Å². The van der Waals surface area contributed by atoms with E-state index in [1.165, 1.54) is 15.9 Å². The van der Waals surface area contributed by atoms with Crippen molar-refractivity contribution < 1.29 is 33.2 Å². The molecule has 3 aliphatic rings. The highest BCUT2D eigenvalue weighted by molar-refractivity contribution is 6.37. The molecule has 0 spiro atoms. The first kappa shape index (κ1) is 35.6. The summed E-state index contributed by atoms with van der Waals surface area (Å²) in [5.41, 5.74) is 5.11. The Morgan fingerprint density at radius 1 is 0.957 bits per heavy atom. The number of ketones is 1. The van der Waals surface area contributed by atoms with E-state index >= 15 is 0 Å². The van der Waals surface area contributed by atoms with Crippen LogP contribution in [-0.2, 0) is 32.3 Å². The van der Waals surface area contributed by atoms with E-state index < -0.39 is 76.4 Å². The molecule has 1 aromatic rings. The number of halogens is 1. The van der Waals surface area contributed by atoms with Crippen LogP contribution in [-0.4, -0.2) is 82.1 Å². The van der Waals surface area contributed by atoms with Crippen LogP contribution in [0.2, 0.25) is 0 Å². The molecule has 0 aromatic heterocycles. The van der Waals surface area contributed by atoms with Crippen molar-refractivity contribution in [3.63, 3.8) is 0 Å². The number of urea groups is 2. The zero-order valence-electron chi connectivity index (χ0n) is 28.1. The summed E-state index contributed by atoms with van der Waals surface area (Å²) in [4.78, 5) is 81.5. The first-order chi connectivity index (χ1) is 21.8. The van der Waals surface area contributed by atoms with Gasteiger partial charge in [0.2, 0.25) is 17.6 Å². The second kappa shape index (κ2) is 13.9. The molecule has 1 aliphatic carbocycles. The molecule has 258 valence electrons. The predicted molar refractivity (Wildman–Crippen MR) is 171 cm³/mol. The largest absolute Gasteiger partial charge is 0.363 e. The zero-order chi connectivity index (χ0) is 34.8. The van der Waals surface area contributed by atoms with Gasteiger partial charge in [-0.2, -0.15) is 0 Å². The van der Waals surface area contributed by atoms with Crippen LogP contribution in [0.15, 0.2) is 18.2 Å². The molecule has 1 saturated heterocycles. The second-order valence-electron chi connectivity index (χ2n) is 15.1. The number of hydrogen-bond acceptors (Lipinski definition) is 6. The van der Waals surface area contributed by atoms with Crippen LogP contribution in [0.5, 0.6) is 0 Å². The fourth-order valence-corrected chi connectivity index (χ4v) is 6.25. The fraction of sp³-hybridized carbons (Fsp3) is 0.636. The quantitative estimate of drug-likeness (QED) is 0.253. The summed E-state index contributed by atoms with van der Waals surface area (Å²) < 4.78 is 14.4. The second-order valence-corrected chi connectivity index (χ2v) is 15.1. The molecule has 1 unspecified atom stereocenters. The summed E-state index contributed by atoms with van der Waals surface area (Å²) in [7, 11) is 0. The topological polar surface area (TPSA) is 183 Å². The molecule has 13 nitrogen and oxygen atoms in total. The Bertz CT molecular complexity index is 1420. The van der Waals surface area contributed by atoms with E-state index in [0.717, 1.165) is 19.3 Å². The van der Waals surface area contributed by atoms with Gasteiger partial charge in [0.25, 0.3) is 5.91 Å². The third-order valence-corrected chi connectivity index (χ3v) is 9.04. The van der Waals surface area contributed by atoms with Crippen LogP contribution in [0.25, 0.3) is 0 Å². The average Bonchev–Trinajstić information content (AvgIpc) is 3.56. The highest BCUT2D eigenvalue weighted by atomic mass is 19.1. The number of rotatable bonds is 9. The average molecular weight is 658 g/mol. The number of carbonyl (C=O) groups excluding carboxylic acids is 6. The minimum absolute atomic E-state index is 0.0373. The number of Topliss-reactive ketones (excluding diaryl/α,β-unsaturated/α-hetero) is 1. The van der Waals surface area contributed by atoms with Gasteiger partial charge in [0.1, 0.15) is 11.9 Å². The number of likely N-dealkylation sites (tertiary alicyclic amines) is 1. The Hall–Kier alpha value is -4.23. The Labute approximate surface area is 274 Å². The van der Waals surface area contributed by atoms with Crippen molar-refractivity contribution >= 4 is 35.6 Å². The maximum atomic E-state index is 14.4. The van der Waals surface area contributed by atoms with Crippen molar-refractivity contribution in [2.75, 3.05) is 13.1 Å². The molecule has 0 bridgehead atoms. The maximum Gasteiger partial charge on any atom is 0.318 e. The highest BCUT2D eigenvalue weighted by Gasteiger charge is 2.46. The van der Waals surface area contributed by atoms with E-state index in [0.29, 0.717) is 11.1 Å². The fourth-order valence-electron chi connectivity index (χ4n) is 6.25. The van der Waals surface area contributed by atoms with E-state index in [9.17, 15) is 33.2 Å². The summed E-state index contributed by atoms with van der Waals surface area (Å²) in [6.45, 7) is 10.9. The first-order valence-electron chi connectivity index (χ1n) is 16.2. The van der Waals surface area contributed by atoms with Gasteiger partial charge in [-0.15, -0.1) is 0 Å². The van der Waals surface area contributed by atoms with Crippen molar-refractivity contribution in [1.29, 1.82) is 0 Å². The number of amides is 7. The Balaban J connectivity index is 1.56. The van der Waals surface area contributed by atoms with E-state index in [2.05, 4.69) is 21.3 Å². The number of nitrogens with one attached hydrogen (secondary N) is 4. The number of primary amides is 1. The molecule has 7 amide bonds. The van der Waals surface area contributed by atoms with Gasteiger partial charge in [0.15, 0.2) is 0 Å². The van der Waals surface area contributed by atoms with Gasteiger partial charge in [0, 0.05) is 30.7 Å². The van der Waals surface area contributed by atoms with Crippen molar-refractivity contribution in [3.8, 4) is 0 Å². The number of nitrogens with two attached hydrogens (primary N) is 1. The summed E-state index contributed by atoms with van der Waals surface area (Å²) >= 11 is 0. The van der Waals surface area contributed by atoms with Gasteiger partial charge in [-0.05, 0) is 50.2 Å². The third-order valence-electron chi connectivity index (χ3n) is 9.04. The lowest BCUT2D eigenvalue weighted by Gasteiger charge is -2.34. The maximum absolute atomic E-state index is 14.4. The summed E-state index contributed by atoms with van der Waals surface area (Å²) in [5.74, 6) is -4.39. The molecule has 47 heavy (non-hydrogen) atoms. The SMILES string of the molecule is CC(C)(C)NC(=O)N[C@H](C(=O)N1C[C@H](NC(=O)N2Cc3cccc(F)c3C2)[C@@H](C(=O)NC(CC2CCC2)C(=O)C(N)=O)C1)C(C)(C)C. The molecule has 4 rings (SSSR count). The van der Waals surface area contributed by atoms with Crippen molar-refractivity contribution in [1.82, 2.24) is 31.1 Å². The van der Waals surface area contributed by atoms with E-state index in [1.807, 2.05) is 20.8 Å². The summed E-state index contributed by atoms with van der Waals surface area (Å²) in [5, 5.41) is 11.1. The standard InChI is InChI=1S/C33H48FN7O6/c1-32(2,3)26(38-30(46)39-33(4,5)6)29(45)40-16-21(28(44)36-23(25(42)27(35)43)13-18-9-7-10-18)24(17-40)37-31(47)41-14-19-11-8-12-22(34)20(19)15-41/h8,11-12,18,21,23-24,26H,7,9-10,13-17H2,1-6H3,(H2,35,43)(H,36,44)(H,37,47)(H2,38,39,46)/t21-,23?,24-,26+/m0/s1.